The summed E-state index contributed by atoms with van der Waals surface area (Å²) in [6.07, 6.45) is 4.46. The summed E-state index contributed by atoms with van der Waals surface area (Å²) in [6, 6.07) is 4.34. The van der Waals surface area contributed by atoms with Crippen molar-refractivity contribution in [1.29, 1.82) is 0 Å². The first-order valence-electron chi connectivity index (χ1n) is 6.61. The maximum atomic E-state index is 11.4. The number of amides is 1. The minimum atomic E-state index is 0.0828. The average molecular weight is 279 g/mol. The van der Waals surface area contributed by atoms with E-state index in [0.29, 0.717) is 12.5 Å². The molecule has 0 spiro atoms. The topological polar surface area (TPSA) is 67.1 Å². The third-order valence-electron chi connectivity index (χ3n) is 3.39. The highest BCUT2D eigenvalue weighted by atomic mass is 32.2. The first kappa shape index (κ1) is 14.1. The highest BCUT2D eigenvalue weighted by Gasteiger charge is 2.17. The molecule has 0 radical (unpaired) electrons. The lowest BCUT2D eigenvalue weighted by Crippen LogP contribution is -2.23. The fourth-order valence-electron chi connectivity index (χ4n) is 2.26. The maximum Gasteiger partial charge on any atom is 0.224 e. The van der Waals surface area contributed by atoms with Gasteiger partial charge >= 0.3 is 0 Å². The van der Waals surface area contributed by atoms with Gasteiger partial charge < -0.3 is 16.4 Å². The molecular formula is C14H21N3OS. The molecule has 1 aromatic carbocycles. The second-order valence-electron chi connectivity index (χ2n) is 4.85. The van der Waals surface area contributed by atoms with Gasteiger partial charge in [0.1, 0.15) is 0 Å². The average Bonchev–Trinajstić information content (AvgIpc) is 2.39. The zero-order valence-electron chi connectivity index (χ0n) is 11.5. The number of hydrogen-bond donors (Lipinski definition) is 3. The zero-order valence-corrected chi connectivity index (χ0v) is 12.3. The summed E-state index contributed by atoms with van der Waals surface area (Å²) in [7, 11) is 0. The van der Waals surface area contributed by atoms with E-state index in [-0.39, 0.29) is 5.91 Å². The van der Waals surface area contributed by atoms with E-state index in [1.54, 1.807) is 0 Å². The van der Waals surface area contributed by atoms with Crippen LogP contribution in [0.15, 0.2) is 12.1 Å². The molecule has 5 heteroatoms. The van der Waals surface area contributed by atoms with E-state index in [0.717, 1.165) is 41.2 Å². The van der Waals surface area contributed by atoms with Gasteiger partial charge in [0, 0.05) is 23.9 Å². The Hall–Kier alpha value is -1.36. The minimum absolute atomic E-state index is 0.0828. The number of thioether (sulfide) groups is 1. The van der Waals surface area contributed by atoms with Crippen LogP contribution in [0.25, 0.3) is 0 Å². The number of hydrogen-bond acceptors (Lipinski definition) is 4. The van der Waals surface area contributed by atoms with Crippen molar-refractivity contribution in [2.45, 2.75) is 32.2 Å². The molecule has 0 fully saturated rings. The number of nitrogens with one attached hydrogen (secondary N) is 2. The van der Waals surface area contributed by atoms with E-state index in [1.807, 2.05) is 23.9 Å². The van der Waals surface area contributed by atoms with Crippen molar-refractivity contribution in [2.24, 2.45) is 0 Å². The molecular weight excluding hydrogens is 258 g/mol. The van der Waals surface area contributed by atoms with Gasteiger partial charge in [-0.3, -0.25) is 4.79 Å². The Labute approximate surface area is 118 Å². The van der Waals surface area contributed by atoms with E-state index in [4.69, 9.17) is 5.73 Å². The summed E-state index contributed by atoms with van der Waals surface area (Å²) in [5, 5.41) is 6.38. The van der Waals surface area contributed by atoms with E-state index < -0.39 is 0 Å². The first-order chi connectivity index (χ1) is 9.13. The number of aryl methyl sites for hydroxylation is 1. The number of benzene rings is 1. The second-order valence-corrected chi connectivity index (χ2v) is 5.76. The van der Waals surface area contributed by atoms with Gasteiger partial charge in [-0.1, -0.05) is 6.92 Å². The summed E-state index contributed by atoms with van der Waals surface area (Å²) in [4.78, 5) is 11.4. The van der Waals surface area contributed by atoms with Crippen molar-refractivity contribution < 1.29 is 4.79 Å². The van der Waals surface area contributed by atoms with Gasteiger partial charge in [-0.2, -0.15) is 11.8 Å². The Morgan fingerprint density at radius 2 is 2.26 bits per heavy atom. The summed E-state index contributed by atoms with van der Waals surface area (Å²) in [6.45, 7) is 2.16. The molecule has 104 valence electrons. The van der Waals surface area contributed by atoms with Crippen molar-refractivity contribution in [2.75, 3.05) is 28.4 Å². The predicted octanol–water partition coefficient (Wildman–Crippen LogP) is 2.71. The third-order valence-corrected chi connectivity index (χ3v) is 4.13. The molecule has 4 nitrogen and oxygen atoms in total. The van der Waals surface area contributed by atoms with Gasteiger partial charge in [0.05, 0.1) is 11.4 Å². The van der Waals surface area contributed by atoms with Crippen molar-refractivity contribution in [3.05, 3.63) is 17.7 Å². The minimum Gasteiger partial charge on any atom is -0.397 e. The fraction of sp³-hybridized carbons (Fsp3) is 0.500. The van der Waals surface area contributed by atoms with Gasteiger partial charge in [-0.15, -0.1) is 0 Å². The molecule has 1 heterocycles. The second kappa shape index (κ2) is 6.19. The van der Waals surface area contributed by atoms with Crippen LogP contribution in [0.1, 0.15) is 25.3 Å². The standard InChI is InChI=1S/C14H21N3OS/c1-3-10(8-19-2)16-13-7-12-9(6-11(13)15)4-5-14(18)17-12/h6-7,10,16H,3-5,8,15H2,1-2H3,(H,17,18). The van der Waals surface area contributed by atoms with E-state index in [1.165, 1.54) is 0 Å². The van der Waals surface area contributed by atoms with Gasteiger partial charge in [0.15, 0.2) is 0 Å². The SMILES string of the molecule is CCC(CSC)Nc1cc2c(cc1N)CCC(=O)N2. The number of fused-ring (bicyclic) bond motifs is 1. The molecule has 2 rings (SSSR count). The van der Waals surface area contributed by atoms with Gasteiger partial charge in [-0.05, 0) is 36.8 Å². The number of nitrogens with two attached hydrogens (primary N) is 1. The lowest BCUT2D eigenvalue weighted by molar-refractivity contribution is -0.116. The fourth-order valence-corrected chi connectivity index (χ4v) is 2.98. The Morgan fingerprint density at radius 3 is 2.95 bits per heavy atom. The smallest absolute Gasteiger partial charge is 0.224 e. The van der Waals surface area contributed by atoms with Crippen LogP contribution in [-0.2, 0) is 11.2 Å². The molecule has 0 saturated carbocycles. The Morgan fingerprint density at radius 1 is 1.47 bits per heavy atom. The summed E-state index contributed by atoms with van der Waals surface area (Å²) < 4.78 is 0. The van der Waals surface area contributed by atoms with Crippen LogP contribution in [0.3, 0.4) is 0 Å². The molecule has 0 aromatic heterocycles. The number of carbonyl (C=O) groups excluding carboxylic acids is 1. The molecule has 1 unspecified atom stereocenters. The van der Waals surface area contributed by atoms with E-state index >= 15 is 0 Å². The third kappa shape index (κ3) is 3.35. The Kier molecular flexibility index (Phi) is 4.58. The molecule has 0 saturated heterocycles. The van der Waals surface area contributed by atoms with Crippen molar-refractivity contribution in [3.8, 4) is 0 Å². The molecule has 1 aromatic rings. The van der Waals surface area contributed by atoms with Crippen molar-refractivity contribution in [1.82, 2.24) is 0 Å². The lowest BCUT2D eigenvalue weighted by atomic mass is 10.0. The van der Waals surface area contributed by atoms with Crippen LogP contribution in [0, 0.1) is 0 Å². The first-order valence-corrected chi connectivity index (χ1v) is 8.01. The summed E-state index contributed by atoms with van der Waals surface area (Å²) >= 11 is 1.82. The number of nitrogen functional groups attached to an aromatic ring is 1. The predicted molar refractivity (Wildman–Crippen MR) is 83.9 cm³/mol. The molecule has 1 amide bonds. The molecule has 4 N–H and O–H groups in total. The summed E-state index contributed by atoms with van der Waals surface area (Å²) in [5.74, 6) is 1.12. The van der Waals surface area contributed by atoms with E-state index in [2.05, 4.69) is 23.8 Å². The molecule has 1 aliphatic heterocycles. The van der Waals surface area contributed by atoms with E-state index in [9.17, 15) is 4.79 Å². The van der Waals surface area contributed by atoms with Crippen molar-refractivity contribution in [3.63, 3.8) is 0 Å². The largest absolute Gasteiger partial charge is 0.397 e. The number of rotatable bonds is 5. The molecule has 0 bridgehead atoms. The van der Waals surface area contributed by atoms with Crippen LogP contribution in [0.4, 0.5) is 17.1 Å². The normalized spacial score (nSPS) is 15.6. The lowest BCUT2D eigenvalue weighted by Gasteiger charge is -2.23. The number of carbonyl (C=O) groups is 1. The summed E-state index contributed by atoms with van der Waals surface area (Å²) in [5.41, 5.74) is 9.79. The quantitative estimate of drug-likeness (QED) is 0.725. The van der Waals surface area contributed by atoms with Crippen LogP contribution in [0.5, 0.6) is 0 Å². The van der Waals surface area contributed by atoms with Crippen LogP contribution >= 0.6 is 11.8 Å². The van der Waals surface area contributed by atoms with Gasteiger partial charge in [0.25, 0.3) is 0 Å². The zero-order chi connectivity index (χ0) is 13.8. The highest BCUT2D eigenvalue weighted by Crippen LogP contribution is 2.31. The van der Waals surface area contributed by atoms with Gasteiger partial charge in [-0.25, -0.2) is 0 Å². The highest BCUT2D eigenvalue weighted by molar-refractivity contribution is 7.98. The Bertz CT molecular complexity index is 476. The monoisotopic (exact) mass is 279 g/mol. The molecule has 1 atom stereocenters. The van der Waals surface area contributed by atoms with Crippen molar-refractivity contribution >= 4 is 34.7 Å². The van der Waals surface area contributed by atoms with Crippen LogP contribution in [0.2, 0.25) is 0 Å². The molecule has 0 aliphatic carbocycles. The Balaban J connectivity index is 2.21. The number of anilines is 3. The molecule has 19 heavy (non-hydrogen) atoms. The van der Waals surface area contributed by atoms with Gasteiger partial charge in [0.2, 0.25) is 5.91 Å². The maximum absolute atomic E-state index is 11.4. The van der Waals surface area contributed by atoms with Crippen LogP contribution in [-0.4, -0.2) is 24.0 Å². The van der Waals surface area contributed by atoms with Crippen LogP contribution < -0.4 is 16.4 Å². The molecule has 1 aliphatic rings.